The number of esters is 1. The number of para-hydroxylation sites is 1. The molecule has 190 valence electrons. The Morgan fingerprint density at radius 1 is 0.784 bits per heavy atom. The fraction of sp³-hybridized carbons (Fsp3) is 0.207. The van der Waals surface area contributed by atoms with Crippen LogP contribution in [0.1, 0.15) is 16.7 Å². The van der Waals surface area contributed by atoms with Gasteiger partial charge in [-0.2, -0.15) is 0 Å². The van der Waals surface area contributed by atoms with E-state index < -0.39 is 30.1 Å². The molecular formula is C29H29N3O5. The minimum Gasteiger partial charge on any atom is -0.467 e. The zero-order valence-electron chi connectivity index (χ0n) is 20.5. The van der Waals surface area contributed by atoms with Crippen molar-refractivity contribution < 1.29 is 23.9 Å². The summed E-state index contributed by atoms with van der Waals surface area (Å²) in [6.45, 7) is 0.0624. The van der Waals surface area contributed by atoms with Crippen molar-refractivity contribution in [3.63, 3.8) is 0 Å². The van der Waals surface area contributed by atoms with Crippen LogP contribution in [-0.2, 0) is 38.5 Å². The highest BCUT2D eigenvalue weighted by atomic mass is 16.5. The largest absolute Gasteiger partial charge is 0.467 e. The summed E-state index contributed by atoms with van der Waals surface area (Å²) in [6, 6.07) is 24.3. The van der Waals surface area contributed by atoms with Crippen molar-refractivity contribution in [2.24, 2.45) is 0 Å². The highest BCUT2D eigenvalue weighted by molar-refractivity contribution is 5.91. The number of fused-ring (bicyclic) bond motifs is 1. The zero-order valence-corrected chi connectivity index (χ0v) is 20.5. The lowest BCUT2D eigenvalue weighted by molar-refractivity contribution is -0.145. The van der Waals surface area contributed by atoms with E-state index in [4.69, 9.17) is 9.47 Å². The molecule has 0 aliphatic heterocycles. The number of methoxy groups -OCH3 is 1. The van der Waals surface area contributed by atoms with Crippen molar-refractivity contribution in [3.8, 4) is 0 Å². The van der Waals surface area contributed by atoms with E-state index in [-0.39, 0.29) is 19.4 Å². The molecule has 0 bridgehead atoms. The topological polar surface area (TPSA) is 110 Å². The van der Waals surface area contributed by atoms with E-state index in [1.807, 2.05) is 91.1 Å². The molecule has 4 rings (SSSR count). The van der Waals surface area contributed by atoms with E-state index in [1.165, 1.54) is 7.11 Å². The molecule has 8 nitrogen and oxygen atoms in total. The minimum absolute atomic E-state index is 0.0624. The Morgan fingerprint density at radius 2 is 1.43 bits per heavy atom. The van der Waals surface area contributed by atoms with Gasteiger partial charge in [0, 0.05) is 29.9 Å². The minimum atomic E-state index is -0.995. The summed E-state index contributed by atoms with van der Waals surface area (Å²) >= 11 is 0. The number of carbonyl (C=O) groups is 3. The monoisotopic (exact) mass is 499 g/mol. The predicted molar refractivity (Wildman–Crippen MR) is 140 cm³/mol. The number of rotatable bonds is 10. The summed E-state index contributed by atoms with van der Waals surface area (Å²) in [5, 5.41) is 6.38. The van der Waals surface area contributed by atoms with Crippen LogP contribution in [-0.4, -0.2) is 42.1 Å². The number of aromatic amines is 1. The fourth-order valence-corrected chi connectivity index (χ4v) is 4.09. The lowest BCUT2D eigenvalue weighted by Gasteiger charge is -2.22. The summed E-state index contributed by atoms with van der Waals surface area (Å²) in [5.74, 6) is -1.09. The summed E-state index contributed by atoms with van der Waals surface area (Å²) in [6.07, 6.45) is 1.51. The molecule has 0 saturated heterocycles. The quantitative estimate of drug-likeness (QED) is 0.287. The molecule has 0 fully saturated rings. The van der Waals surface area contributed by atoms with Gasteiger partial charge in [0.2, 0.25) is 5.91 Å². The SMILES string of the molecule is COC(=O)[C@H](Cc1ccccc1)NC(=O)[C@@H](Cc1c[nH]c2ccccc12)NC(=O)OCc1ccccc1. The Labute approximate surface area is 215 Å². The normalized spacial score (nSPS) is 12.4. The number of hydrogen-bond acceptors (Lipinski definition) is 5. The summed E-state index contributed by atoms with van der Waals surface area (Å²) in [7, 11) is 1.27. The third-order valence-corrected chi connectivity index (χ3v) is 6.01. The number of amides is 2. The van der Waals surface area contributed by atoms with Crippen molar-refractivity contribution >= 4 is 28.9 Å². The Kier molecular flexibility index (Phi) is 8.54. The van der Waals surface area contributed by atoms with Gasteiger partial charge >= 0.3 is 12.1 Å². The Hall–Kier alpha value is -4.59. The van der Waals surface area contributed by atoms with Crippen molar-refractivity contribution in [3.05, 3.63) is 108 Å². The first-order chi connectivity index (χ1) is 18.0. The third kappa shape index (κ3) is 6.98. The van der Waals surface area contributed by atoms with Gasteiger partial charge in [-0.1, -0.05) is 78.9 Å². The average molecular weight is 500 g/mol. The van der Waals surface area contributed by atoms with E-state index in [0.717, 1.165) is 27.6 Å². The van der Waals surface area contributed by atoms with E-state index in [1.54, 1.807) is 0 Å². The molecule has 2 amide bonds. The summed E-state index contributed by atoms with van der Waals surface area (Å²) < 4.78 is 10.3. The maximum Gasteiger partial charge on any atom is 0.408 e. The van der Waals surface area contributed by atoms with Gasteiger partial charge in [0.05, 0.1) is 7.11 Å². The molecule has 37 heavy (non-hydrogen) atoms. The molecule has 0 radical (unpaired) electrons. The van der Waals surface area contributed by atoms with E-state index >= 15 is 0 Å². The second-order valence-electron chi connectivity index (χ2n) is 8.60. The predicted octanol–water partition coefficient (Wildman–Crippen LogP) is 3.91. The van der Waals surface area contributed by atoms with Gasteiger partial charge < -0.3 is 25.1 Å². The first-order valence-corrected chi connectivity index (χ1v) is 12.0. The molecule has 0 aliphatic rings. The third-order valence-electron chi connectivity index (χ3n) is 6.01. The van der Waals surface area contributed by atoms with Crippen molar-refractivity contribution in [2.75, 3.05) is 7.11 Å². The number of nitrogens with one attached hydrogen (secondary N) is 3. The van der Waals surface area contributed by atoms with E-state index in [0.29, 0.717) is 0 Å². The molecule has 2 atom stereocenters. The number of ether oxygens (including phenoxy) is 2. The van der Waals surface area contributed by atoms with Crippen LogP contribution >= 0.6 is 0 Å². The lowest BCUT2D eigenvalue weighted by atomic mass is 10.0. The van der Waals surface area contributed by atoms with Crippen LogP contribution in [0.2, 0.25) is 0 Å². The van der Waals surface area contributed by atoms with Gasteiger partial charge in [-0.25, -0.2) is 9.59 Å². The van der Waals surface area contributed by atoms with E-state index in [9.17, 15) is 14.4 Å². The van der Waals surface area contributed by atoms with Crippen LogP contribution in [0.4, 0.5) is 4.79 Å². The van der Waals surface area contributed by atoms with Crippen LogP contribution < -0.4 is 10.6 Å². The molecule has 0 aliphatic carbocycles. The number of hydrogen-bond donors (Lipinski definition) is 3. The summed E-state index contributed by atoms with van der Waals surface area (Å²) in [5.41, 5.74) is 3.45. The first kappa shape index (κ1) is 25.5. The van der Waals surface area contributed by atoms with Crippen LogP contribution in [0.5, 0.6) is 0 Å². The molecule has 3 N–H and O–H groups in total. The Bertz CT molecular complexity index is 1340. The van der Waals surface area contributed by atoms with Crippen LogP contribution in [0, 0.1) is 0 Å². The smallest absolute Gasteiger partial charge is 0.408 e. The number of aromatic nitrogens is 1. The van der Waals surface area contributed by atoms with Gasteiger partial charge in [-0.3, -0.25) is 4.79 Å². The molecule has 1 aromatic heterocycles. The summed E-state index contributed by atoms with van der Waals surface area (Å²) in [4.78, 5) is 41.8. The highest BCUT2D eigenvalue weighted by Gasteiger charge is 2.29. The number of alkyl carbamates (subject to hydrolysis) is 1. The van der Waals surface area contributed by atoms with Crippen molar-refractivity contribution in [1.82, 2.24) is 15.6 Å². The van der Waals surface area contributed by atoms with Crippen LogP contribution in [0.3, 0.4) is 0 Å². The van der Waals surface area contributed by atoms with Crippen LogP contribution in [0.25, 0.3) is 10.9 Å². The molecule has 3 aromatic carbocycles. The molecule has 4 aromatic rings. The van der Waals surface area contributed by atoms with Gasteiger partial charge in [0.15, 0.2) is 0 Å². The first-order valence-electron chi connectivity index (χ1n) is 12.0. The maximum absolute atomic E-state index is 13.4. The molecule has 0 spiro atoms. The highest BCUT2D eigenvalue weighted by Crippen LogP contribution is 2.19. The molecule has 8 heteroatoms. The van der Waals surface area contributed by atoms with E-state index in [2.05, 4.69) is 15.6 Å². The standard InChI is InChI=1S/C29H29N3O5/c1-36-28(34)26(16-20-10-4-2-5-11-20)31-27(33)25(17-22-18-30-24-15-9-8-14-23(22)24)32-29(35)37-19-21-12-6-3-7-13-21/h2-15,18,25-26,30H,16-17,19H2,1H3,(H,31,33)(H,32,35)/t25-,26+/m1/s1. The van der Waals surface area contributed by atoms with Gasteiger partial charge in [0.1, 0.15) is 18.7 Å². The molecule has 1 heterocycles. The molecular weight excluding hydrogens is 470 g/mol. The van der Waals surface area contributed by atoms with Gasteiger partial charge in [-0.15, -0.1) is 0 Å². The number of benzene rings is 3. The van der Waals surface area contributed by atoms with Crippen molar-refractivity contribution in [1.29, 1.82) is 0 Å². The molecule has 0 unspecified atom stereocenters. The zero-order chi connectivity index (χ0) is 26.0. The number of H-pyrrole nitrogens is 1. The van der Waals surface area contributed by atoms with Gasteiger partial charge in [0.25, 0.3) is 0 Å². The second kappa shape index (κ2) is 12.4. The lowest BCUT2D eigenvalue weighted by Crippen LogP contribution is -2.53. The second-order valence-corrected chi connectivity index (χ2v) is 8.60. The fourth-order valence-electron chi connectivity index (χ4n) is 4.09. The van der Waals surface area contributed by atoms with Gasteiger partial charge in [-0.05, 0) is 22.8 Å². The number of carbonyl (C=O) groups excluding carboxylic acids is 3. The average Bonchev–Trinajstić information content (AvgIpc) is 3.34. The van der Waals surface area contributed by atoms with Crippen LogP contribution in [0.15, 0.2) is 91.1 Å². The Balaban J connectivity index is 1.51. The molecule has 0 saturated carbocycles. The maximum atomic E-state index is 13.4. The Morgan fingerprint density at radius 3 is 2.14 bits per heavy atom. The van der Waals surface area contributed by atoms with Crippen molar-refractivity contribution in [2.45, 2.75) is 31.5 Å².